The minimum atomic E-state index is -0.342. The van der Waals surface area contributed by atoms with E-state index < -0.39 is 0 Å². The highest BCUT2D eigenvalue weighted by molar-refractivity contribution is 5.96. The number of benzene rings is 2. The topological polar surface area (TPSA) is 86.8 Å². The number of carbonyl (C=O) groups excluding carboxylic acids is 1. The first-order valence-electron chi connectivity index (χ1n) is 6.10. The van der Waals surface area contributed by atoms with Gasteiger partial charge in [0.25, 0.3) is 5.91 Å². The summed E-state index contributed by atoms with van der Waals surface area (Å²) in [6, 6.07) is 11.2. The maximum Gasteiger partial charge on any atom is 0.257 e. The highest BCUT2D eigenvalue weighted by atomic mass is 16.3. The number of nitrogens with zero attached hydrogens (tertiary/aromatic N) is 1. The number of rotatable bonds is 3. The van der Waals surface area contributed by atoms with Gasteiger partial charge in [-0.1, -0.05) is 18.2 Å². The number of carbonyl (C=O) groups is 1. The molecule has 0 fully saturated rings. The summed E-state index contributed by atoms with van der Waals surface area (Å²) >= 11 is 0. The Morgan fingerprint density at radius 1 is 1.20 bits per heavy atom. The molecule has 0 bridgehead atoms. The van der Waals surface area contributed by atoms with Crippen LogP contribution in [0.2, 0.25) is 0 Å². The minimum absolute atomic E-state index is 0.0889. The van der Waals surface area contributed by atoms with Crippen LogP contribution in [0.4, 0.5) is 5.69 Å². The molecule has 0 aromatic heterocycles. The molecule has 4 N–H and O–H groups in total. The van der Waals surface area contributed by atoms with E-state index in [9.17, 15) is 15.0 Å². The smallest absolute Gasteiger partial charge is 0.257 e. The average Bonchev–Trinajstić information content (AvgIpc) is 2.40. The molecule has 2 aromatic rings. The number of nitrogen functional groups attached to an aromatic ring is 1. The van der Waals surface area contributed by atoms with Crippen molar-refractivity contribution in [2.75, 3.05) is 12.8 Å². The van der Waals surface area contributed by atoms with E-state index in [4.69, 9.17) is 5.73 Å². The molecular formula is C15H16N2O3. The summed E-state index contributed by atoms with van der Waals surface area (Å²) in [5, 5.41) is 18.9. The van der Waals surface area contributed by atoms with E-state index in [0.717, 1.165) is 11.6 Å². The summed E-state index contributed by atoms with van der Waals surface area (Å²) in [5.74, 6) is -0.678. The van der Waals surface area contributed by atoms with Crippen molar-refractivity contribution in [2.45, 2.75) is 6.54 Å². The number of anilines is 1. The largest absolute Gasteiger partial charge is 0.508 e. The van der Waals surface area contributed by atoms with Crippen LogP contribution < -0.4 is 5.73 Å². The van der Waals surface area contributed by atoms with Gasteiger partial charge in [-0.25, -0.2) is 0 Å². The number of phenolic OH excluding ortho intramolecular Hbond substituents is 2. The molecule has 0 spiro atoms. The fourth-order valence-electron chi connectivity index (χ4n) is 1.91. The van der Waals surface area contributed by atoms with Crippen molar-refractivity contribution in [3.05, 3.63) is 53.6 Å². The first-order valence-corrected chi connectivity index (χ1v) is 6.10. The SMILES string of the molecule is CN(Cc1ccccc1N)C(=O)c1ccc(O)cc1O. The molecule has 0 heterocycles. The minimum Gasteiger partial charge on any atom is -0.508 e. The predicted octanol–water partition coefficient (Wildman–Crippen LogP) is 1.95. The van der Waals surface area contributed by atoms with E-state index in [1.807, 2.05) is 18.2 Å². The Kier molecular flexibility index (Phi) is 3.79. The normalized spacial score (nSPS) is 10.2. The van der Waals surface area contributed by atoms with E-state index in [1.165, 1.54) is 17.0 Å². The molecule has 5 heteroatoms. The number of phenols is 2. The Balaban J connectivity index is 2.19. The zero-order valence-corrected chi connectivity index (χ0v) is 11.1. The molecule has 0 saturated carbocycles. The Hall–Kier alpha value is -2.69. The van der Waals surface area contributed by atoms with E-state index in [2.05, 4.69) is 0 Å². The molecule has 0 saturated heterocycles. The lowest BCUT2D eigenvalue weighted by molar-refractivity contribution is 0.0782. The average molecular weight is 272 g/mol. The van der Waals surface area contributed by atoms with Crippen LogP contribution in [0.15, 0.2) is 42.5 Å². The maximum absolute atomic E-state index is 12.2. The van der Waals surface area contributed by atoms with E-state index in [1.54, 1.807) is 13.1 Å². The zero-order valence-electron chi connectivity index (χ0n) is 11.1. The molecule has 2 rings (SSSR count). The number of hydrogen-bond donors (Lipinski definition) is 3. The Morgan fingerprint density at radius 3 is 2.55 bits per heavy atom. The van der Waals surface area contributed by atoms with Crippen LogP contribution in [0.5, 0.6) is 11.5 Å². The summed E-state index contributed by atoms with van der Waals surface area (Å²) in [4.78, 5) is 13.7. The lowest BCUT2D eigenvalue weighted by Gasteiger charge is -2.19. The molecule has 0 aliphatic heterocycles. The Morgan fingerprint density at radius 2 is 1.90 bits per heavy atom. The van der Waals surface area contributed by atoms with Crippen LogP contribution in [0.1, 0.15) is 15.9 Å². The summed E-state index contributed by atoms with van der Waals surface area (Å²) in [6.45, 7) is 0.339. The molecule has 2 aromatic carbocycles. The molecular weight excluding hydrogens is 256 g/mol. The zero-order chi connectivity index (χ0) is 14.7. The lowest BCUT2D eigenvalue weighted by Crippen LogP contribution is -2.26. The van der Waals surface area contributed by atoms with Gasteiger partial charge in [-0.05, 0) is 23.8 Å². The van der Waals surface area contributed by atoms with Gasteiger partial charge in [0.05, 0.1) is 5.56 Å². The molecule has 0 aliphatic carbocycles. The number of para-hydroxylation sites is 1. The van der Waals surface area contributed by atoms with Gasteiger partial charge in [-0.15, -0.1) is 0 Å². The van der Waals surface area contributed by atoms with E-state index in [-0.39, 0.29) is 23.0 Å². The lowest BCUT2D eigenvalue weighted by atomic mass is 10.1. The molecule has 104 valence electrons. The second-order valence-corrected chi connectivity index (χ2v) is 4.56. The third kappa shape index (κ3) is 2.83. The molecule has 20 heavy (non-hydrogen) atoms. The van der Waals surface area contributed by atoms with E-state index >= 15 is 0 Å². The van der Waals surface area contributed by atoms with Crippen molar-refractivity contribution in [1.29, 1.82) is 0 Å². The second kappa shape index (κ2) is 5.52. The van der Waals surface area contributed by atoms with Gasteiger partial charge in [0.1, 0.15) is 11.5 Å². The number of nitrogens with two attached hydrogens (primary N) is 1. The van der Waals surface area contributed by atoms with Crippen LogP contribution in [-0.4, -0.2) is 28.1 Å². The van der Waals surface area contributed by atoms with Crippen molar-refractivity contribution in [3.8, 4) is 11.5 Å². The molecule has 1 amide bonds. The van der Waals surface area contributed by atoms with Gasteiger partial charge in [-0.2, -0.15) is 0 Å². The number of aromatic hydroxyl groups is 2. The summed E-state index contributed by atoms with van der Waals surface area (Å²) in [5.41, 5.74) is 7.42. The first kappa shape index (κ1) is 13.7. The standard InChI is InChI=1S/C15H16N2O3/c1-17(9-10-4-2-3-5-13(10)16)15(20)12-7-6-11(18)8-14(12)19/h2-8,18-19H,9,16H2,1H3. The first-order chi connectivity index (χ1) is 9.49. The molecule has 0 radical (unpaired) electrons. The fraction of sp³-hybridized carbons (Fsp3) is 0.133. The van der Waals surface area contributed by atoms with Gasteiger partial charge >= 0.3 is 0 Å². The number of hydrogen-bond acceptors (Lipinski definition) is 4. The molecule has 0 aliphatic rings. The summed E-state index contributed by atoms with van der Waals surface area (Å²) in [7, 11) is 1.63. The van der Waals surface area contributed by atoms with Gasteiger partial charge < -0.3 is 20.8 Å². The van der Waals surface area contributed by atoms with Crippen molar-refractivity contribution < 1.29 is 15.0 Å². The van der Waals surface area contributed by atoms with Crippen LogP contribution in [0.3, 0.4) is 0 Å². The third-order valence-corrected chi connectivity index (χ3v) is 3.02. The molecule has 0 atom stereocenters. The van der Waals surface area contributed by atoms with E-state index in [0.29, 0.717) is 12.2 Å². The molecule has 0 unspecified atom stereocenters. The highest BCUT2D eigenvalue weighted by Gasteiger charge is 2.16. The fourth-order valence-corrected chi connectivity index (χ4v) is 1.91. The second-order valence-electron chi connectivity index (χ2n) is 4.56. The van der Waals surface area contributed by atoms with Crippen LogP contribution in [0.25, 0.3) is 0 Å². The Bertz CT molecular complexity index is 641. The quantitative estimate of drug-likeness (QED) is 0.745. The van der Waals surface area contributed by atoms with Crippen molar-refractivity contribution in [2.24, 2.45) is 0 Å². The highest BCUT2D eigenvalue weighted by Crippen LogP contribution is 2.24. The Labute approximate surface area is 116 Å². The van der Waals surface area contributed by atoms with Crippen LogP contribution >= 0.6 is 0 Å². The van der Waals surface area contributed by atoms with Crippen molar-refractivity contribution in [1.82, 2.24) is 4.90 Å². The third-order valence-electron chi connectivity index (χ3n) is 3.02. The maximum atomic E-state index is 12.2. The molecule has 5 nitrogen and oxygen atoms in total. The number of amides is 1. The summed E-state index contributed by atoms with van der Waals surface area (Å²) in [6.07, 6.45) is 0. The van der Waals surface area contributed by atoms with Gasteiger partial charge in [-0.3, -0.25) is 4.79 Å². The summed E-state index contributed by atoms with van der Waals surface area (Å²) < 4.78 is 0. The van der Waals surface area contributed by atoms with Crippen molar-refractivity contribution >= 4 is 11.6 Å². The van der Waals surface area contributed by atoms with Crippen molar-refractivity contribution in [3.63, 3.8) is 0 Å². The predicted molar refractivity (Wildman–Crippen MR) is 76.4 cm³/mol. The van der Waals surface area contributed by atoms with Crippen LogP contribution in [-0.2, 0) is 6.54 Å². The van der Waals surface area contributed by atoms with Gasteiger partial charge in [0.15, 0.2) is 0 Å². The van der Waals surface area contributed by atoms with Gasteiger partial charge in [0, 0.05) is 25.3 Å². The van der Waals surface area contributed by atoms with Crippen LogP contribution in [0, 0.1) is 0 Å². The monoisotopic (exact) mass is 272 g/mol. The van der Waals surface area contributed by atoms with Gasteiger partial charge in [0.2, 0.25) is 0 Å².